The van der Waals surface area contributed by atoms with E-state index in [4.69, 9.17) is 9.68 Å². The summed E-state index contributed by atoms with van der Waals surface area (Å²) in [4.78, 5) is 6.44. The zero-order chi connectivity index (χ0) is 15.1. The monoisotopic (exact) mass is 287 g/mol. The standard InChI is InChI=1S/C16H18FN3O/c1-2-3-9-20(10-8-18)11-15-12-21-16(19-15)13-4-6-14(17)7-5-13/h4-7,12H,2-3,9-11H2,1H3. The highest BCUT2D eigenvalue weighted by molar-refractivity contribution is 5.52. The molecule has 0 atom stereocenters. The van der Waals surface area contributed by atoms with Gasteiger partial charge in [-0.1, -0.05) is 13.3 Å². The Hall–Kier alpha value is -2.19. The molecule has 1 heterocycles. The van der Waals surface area contributed by atoms with Gasteiger partial charge >= 0.3 is 0 Å². The van der Waals surface area contributed by atoms with Crippen LogP contribution >= 0.6 is 0 Å². The lowest BCUT2D eigenvalue weighted by Gasteiger charge is -2.16. The minimum atomic E-state index is -0.287. The second-order valence-electron chi connectivity index (χ2n) is 4.87. The van der Waals surface area contributed by atoms with Crippen LogP contribution in [-0.4, -0.2) is 23.0 Å². The highest BCUT2D eigenvalue weighted by atomic mass is 19.1. The molecule has 21 heavy (non-hydrogen) atoms. The van der Waals surface area contributed by atoms with E-state index in [1.807, 2.05) is 4.90 Å². The molecule has 0 amide bonds. The van der Waals surface area contributed by atoms with Crippen LogP contribution in [0.3, 0.4) is 0 Å². The molecule has 0 radical (unpaired) electrons. The van der Waals surface area contributed by atoms with Crippen LogP contribution in [0.2, 0.25) is 0 Å². The molecular formula is C16H18FN3O. The van der Waals surface area contributed by atoms with Gasteiger partial charge in [0.15, 0.2) is 0 Å². The fourth-order valence-corrected chi connectivity index (χ4v) is 2.03. The van der Waals surface area contributed by atoms with Crippen LogP contribution in [0.4, 0.5) is 4.39 Å². The predicted molar refractivity (Wildman–Crippen MR) is 77.7 cm³/mol. The van der Waals surface area contributed by atoms with Crippen molar-refractivity contribution in [3.05, 3.63) is 42.0 Å². The number of unbranched alkanes of at least 4 members (excludes halogenated alkanes) is 1. The molecule has 0 saturated heterocycles. The van der Waals surface area contributed by atoms with Crippen LogP contribution in [0.1, 0.15) is 25.5 Å². The first-order valence-corrected chi connectivity index (χ1v) is 7.02. The van der Waals surface area contributed by atoms with Gasteiger partial charge in [-0.3, -0.25) is 4.90 Å². The van der Waals surface area contributed by atoms with Crippen molar-refractivity contribution in [3.8, 4) is 17.5 Å². The summed E-state index contributed by atoms with van der Waals surface area (Å²) in [6, 6.07) is 8.19. The van der Waals surface area contributed by atoms with E-state index in [-0.39, 0.29) is 5.82 Å². The van der Waals surface area contributed by atoms with Crippen LogP contribution in [0.15, 0.2) is 34.9 Å². The molecule has 1 aromatic heterocycles. The topological polar surface area (TPSA) is 53.1 Å². The quantitative estimate of drug-likeness (QED) is 0.730. The van der Waals surface area contributed by atoms with Crippen molar-refractivity contribution in [2.24, 2.45) is 0 Å². The van der Waals surface area contributed by atoms with Gasteiger partial charge in [0.05, 0.1) is 18.3 Å². The summed E-state index contributed by atoms with van der Waals surface area (Å²) >= 11 is 0. The van der Waals surface area contributed by atoms with Crippen LogP contribution in [0.5, 0.6) is 0 Å². The van der Waals surface area contributed by atoms with Gasteiger partial charge < -0.3 is 4.42 Å². The van der Waals surface area contributed by atoms with E-state index in [0.29, 0.717) is 19.0 Å². The predicted octanol–water partition coefficient (Wildman–Crippen LogP) is 3.61. The number of benzene rings is 1. The summed E-state index contributed by atoms with van der Waals surface area (Å²) in [5.41, 5.74) is 1.52. The van der Waals surface area contributed by atoms with Crippen LogP contribution < -0.4 is 0 Å². The Kier molecular flexibility index (Phi) is 5.47. The fraction of sp³-hybridized carbons (Fsp3) is 0.375. The van der Waals surface area contributed by atoms with E-state index >= 15 is 0 Å². The van der Waals surface area contributed by atoms with E-state index in [1.54, 1.807) is 18.4 Å². The van der Waals surface area contributed by atoms with Crippen LogP contribution in [0.25, 0.3) is 11.5 Å². The number of nitrogens with zero attached hydrogens (tertiary/aromatic N) is 3. The van der Waals surface area contributed by atoms with Crippen molar-refractivity contribution in [1.29, 1.82) is 5.26 Å². The summed E-state index contributed by atoms with van der Waals surface area (Å²) in [7, 11) is 0. The molecule has 4 nitrogen and oxygen atoms in total. The van der Waals surface area contributed by atoms with E-state index in [0.717, 1.165) is 30.6 Å². The smallest absolute Gasteiger partial charge is 0.226 e. The van der Waals surface area contributed by atoms with Gasteiger partial charge in [-0.05, 0) is 37.2 Å². The van der Waals surface area contributed by atoms with Gasteiger partial charge in [-0.25, -0.2) is 9.37 Å². The molecule has 5 heteroatoms. The van der Waals surface area contributed by atoms with Gasteiger partial charge in [-0.15, -0.1) is 0 Å². The minimum absolute atomic E-state index is 0.287. The molecular weight excluding hydrogens is 269 g/mol. The maximum atomic E-state index is 12.9. The molecule has 0 spiro atoms. The average molecular weight is 287 g/mol. The normalized spacial score (nSPS) is 10.8. The summed E-state index contributed by atoms with van der Waals surface area (Å²) < 4.78 is 18.3. The van der Waals surface area contributed by atoms with Crippen LogP contribution in [-0.2, 0) is 6.54 Å². The molecule has 0 saturated carbocycles. The van der Waals surface area contributed by atoms with E-state index in [2.05, 4.69) is 18.0 Å². The van der Waals surface area contributed by atoms with Gasteiger partial charge in [0.1, 0.15) is 12.1 Å². The highest BCUT2D eigenvalue weighted by Crippen LogP contribution is 2.19. The molecule has 0 aliphatic heterocycles. The largest absolute Gasteiger partial charge is 0.444 e. The lowest BCUT2D eigenvalue weighted by Crippen LogP contribution is -2.24. The van der Waals surface area contributed by atoms with E-state index in [9.17, 15) is 4.39 Å². The first-order valence-electron chi connectivity index (χ1n) is 7.02. The van der Waals surface area contributed by atoms with Crippen molar-refractivity contribution in [2.75, 3.05) is 13.1 Å². The van der Waals surface area contributed by atoms with Gasteiger partial charge in [0, 0.05) is 12.1 Å². The number of halogens is 1. The summed E-state index contributed by atoms with van der Waals surface area (Å²) in [5, 5.41) is 8.85. The molecule has 0 aliphatic rings. The molecule has 1 aromatic carbocycles. The lowest BCUT2D eigenvalue weighted by molar-refractivity contribution is 0.289. The number of hydrogen-bond donors (Lipinski definition) is 0. The summed E-state index contributed by atoms with van der Waals surface area (Å²) in [5.74, 6) is 0.183. The molecule has 0 N–H and O–H groups in total. The number of oxazole rings is 1. The number of nitriles is 1. The molecule has 2 aromatic rings. The molecule has 110 valence electrons. The van der Waals surface area contributed by atoms with E-state index < -0.39 is 0 Å². The third-order valence-corrected chi connectivity index (χ3v) is 3.15. The lowest BCUT2D eigenvalue weighted by atomic mass is 10.2. The highest BCUT2D eigenvalue weighted by Gasteiger charge is 2.11. The Morgan fingerprint density at radius 1 is 1.33 bits per heavy atom. The first kappa shape index (κ1) is 15.2. The van der Waals surface area contributed by atoms with Crippen molar-refractivity contribution < 1.29 is 8.81 Å². The third kappa shape index (κ3) is 4.40. The zero-order valence-electron chi connectivity index (χ0n) is 12.1. The Labute approximate surface area is 123 Å². The van der Waals surface area contributed by atoms with Crippen molar-refractivity contribution in [1.82, 2.24) is 9.88 Å². The average Bonchev–Trinajstić information content (AvgIpc) is 2.94. The molecule has 0 unspecified atom stereocenters. The third-order valence-electron chi connectivity index (χ3n) is 3.15. The number of hydrogen-bond acceptors (Lipinski definition) is 4. The molecule has 2 rings (SSSR count). The van der Waals surface area contributed by atoms with Crippen molar-refractivity contribution in [3.63, 3.8) is 0 Å². The molecule has 0 fully saturated rings. The summed E-state index contributed by atoms with van der Waals surface area (Å²) in [6.45, 7) is 3.94. The Bertz CT molecular complexity index is 601. The maximum Gasteiger partial charge on any atom is 0.226 e. The minimum Gasteiger partial charge on any atom is -0.444 e. The van der Waals surface area contributed by atoms with Gasteiger partial charge in [0.2, 0.25) is 5.89 Å². The second kappa shape index (κ2) is 7.55. The first-order chi connectivity index (χ1) is 10.2. The molecule has 0 aliphatic carbocycles. The SMILES string of the molecule is CCCCN(CC#N)Cc1coc(-c2ccc(F)cc2)n1. The van der Waals surface area contributed by atoms with Crippen molar-refractivity contribution >= 4 is 0 Å². The van der Waals surface area contributed by atoms with Gasteiger partial charge in [-0.2, -0.15) is 5.26 Å². The zero-order valence-corrected chi connectivity index (χ0v) is 12.1. The summed E-state index contributed by atoms with van der Waals surface area (Å²) in [6.07, 6.45) is 3.72. The number of rotatable bonds is 7. The van der Waals surface area contributed by atoms with Gasteiger partial charge in [0.25, 0.3) is 0 Å². The van der Waals surface area contributed by atoms with E-state index in [1.165, 1.54) is 12.1 Å². The van der Waals surface area contributed by atoms with Crippen molar-refractivity contribution in [2.45, 2.75) is 26.3 Å². The fourth-order valence-electron chi connectivity index (χ4n) is 2.03. The Balaban J connectivity index is 2.04. The molecule has 0 bridgehead atoms. The Morgan fingerprint density at radius 3 is 2.76 bits per heavy atom. The number of aromatic nitrogens is 1. The second-order valence-corrected chi connectivity index (χ2v) is 4.87. The Morgan fingerprint density at radius 2 is 2.10 bits per heavy atom. The van der Waals surface area contributed by atoms with Crippen LogP contribution in [0, 0.1) is 17.1 Å². The maximum absolute atomic E-state index is 12.9.